The number of hydrogen-bond donors (Lipinski definition) is 0. The summed E-state index contributed by atoms with van der Waals surface area (Å²) in [7, 11) is -3.30. The first-order valence-corrected chi connectivity index (χ1v) is 11.5. The summed E-state index contributed by atoms with van der Waals surface area (Å²) in [6, 6.07) is 17.7. The molecular weight excluding hydrogens is 403 g/mol. The number of halogens is 1. The molecule has 0 spiro atoms. The average molecular weight is 427 g/mol. The molecule has 1 aliphatic rings. The number of aromatic nitrogens is 2. The van der Waals surface area contributed by atoms with Crippen LogP contribution in [0.4, 0.5) is 10.2 Å². The highest BCUT2D eigenvalue weighted by atomic mass is 32.2. The van der Waals surface area contributed by atoms with Crippen LogP contribution >= 0.6 is 0 Å². The molecule has 4 rings (SSSR count). The van der Waals surface area contributed by atoms with Gasteiger partial charge >= 0.3 is 0 Å². The minimum Gasteiger partial charge on any atom is -0.354 e. The van der Waals surface area contributed by atoms with Gasteiger partial charge in [0.25, 0.3) is 0 Å². The Morgan fingerprint density at radius 3 is 2.30 bits per heavy atom. The summed E-state index contributed by atoms with van der Waals surface area (Å²) >= 11 is 0. The molecule has 0 bridgehead atoms. The SMILES string of the molecule is O=S(=O)(CCc1ccccc1)N1CCN(c2cc(-c3ccc(F)cc3)ncn2)CC1. The third-order valence-corrected chi connectivity index (χ3v) is 7.11. The second-order valence-corrected chi connectivity index (χ2v) is 9.29. The summed E-state index contributed by atoms with van der Waals surface area (Å²) in [5.74, 6) is 0.558. The van der Waals surface area contributed by atoms with Crippen LogP contribution < -0.4 is 4.90 Å². The fraction of sp³-hybridized carbons (Fsp3) is 0.273. The lowest BCUT2D eigenvalue weighted by Crippen LogP contribution is -2.49. The molecule has 1 fully saturated rings. The second-order valence-electron chi connectivity index (χ2n) is 7.21. The highest BCUT2D eigenvalue weighted by molar-refractivity contribution is 7.89. The normalized spacial score (nSPS) is 15.3. The van der Waals surface area contributed by atoms with Crippen molar-refractivity contribution in [2.45, 2.75) is 6.42 Å². The highest BCUT2D eigenvalue weighted by Crippen LogP contribution is 2.22. The van der Waals surface area contributed by atoms with Crippen LogP contribution in [0.25, 0.3) is 11.3 Å². The molecule has 1 aliphatic heterocycles. The van der Waals surface area contributed by atoms with Gasteiger partial charge in [-0.05, 0) is 36.2 Å². The third-order valence-electron chi connectivity index (χ3n) is 5.24. The largest absolute Gasteiger partial charge is 0.354 e. The van der Waals surface area contributed by atoms with Gasteiger partial charge in [0.2, 0.25) is 10.0 Å². The number of anilines is 1. The molecule has 2 heterocycles. The Morgan fingerprint density at radius 2 is 1.60 bits per heavy atom. The fourth-order valence-electron chi connectivity index (χ4n) is 3.51. The first-order valence-electron chi connectivity index (χ1n) is 9.86. The van der Waals surface area contributed by atoms with Crippen LogP contribution in [0.5, 0.6) is 0 Å². The van der Waals surface area contributed by atoms with Crippen molar-refractivity contribution < 1.29 is 12.8 Å². The minimum atomic E-state index is -3.30. The molecule has 156 valence electrons. The van der Waals surface area contributed by atoms with Gasteiger partial charge in [0.05, 0.1) is 11.4 Å². The van der Waals surface area contributed by atoms with Gasteiger partial charge in [0, 0.05) is 37.8 Å². The molecule has 30 heavy (non-hydrogen) atoms. The van der Waals surface area contributed by atoms with E-state index in [1.54, 1.807) is 16.4 Å². The monoisotopic (exact) mass is 426 g/mol. The first-order chi connectivity index (χ1) is 14.5. The summed E-state index contributed by atoms with van der Waals surface area (Å²) < 4.78 is 40.2. The van der Waals surface area contributed by atoms with Gasteiger partial charge in [-0.25, -0.2) is 22.8 Å². The van der Waals surface area contributed by atoms with Gasteiger partial charge in [-0.1, -0.05) is 30.3 Å². The molecule has 0 amide bonds. The zero-order chi connectivity index (χ0) is 21.0. The molecule has 2 aromatic carbocycles. The third kappa shape index (κ3) is 4.83. The standard InChI is InChI=1S/C22H23FN4O2S/c23-20-8-6-19(7-9-20)21-16-22(25-17-24-21)26-11-13-27(14-12-26)30(28,29)15-10-18-4-2-1-3-5-18/h1-9,16-17H,10-15H2. The predicted molar refractivity (Wildman–Crippen MR) is 115 cm³/mol. The number of piperazine rings is 1. The fourth-order valence-corrected chi connectivity index (χ4v) is 4.99. The van der Waals surface area contributed by atoms with Crippen molar-refractivity contribution in [1.29, 1.82) is 0 Å². The van der Waals surface area contributed by atoms with Gasteiger partial charge in [0.1, 0.15) is 18.0 Å². The molecule has 3 aromatic rings. The molecule has 0 aliphatic carbocycles. The summed E-state index contributed by atoms with van der Waals surface area (Å²) in [4.78, 5) is 10.7. The van der Waals surface area contributed by atoms with Gasteiger partial charge < -0.3 is 4.90 Å². The van der Waals surface area contributed by atoms with E-state index in [-0.39, 0.29) is 11.6 Å². The molecule has 0 radical (unpaired) electrons. The maximum Gasteiger partial charge on any atom is 0.214 e. The van der Waals surface area contributed by atoms with Crippen LogP contribution in [0.3, 0.4) is 0 Å². The van der Waals surface area contributed by atoms with E-state index in [2.05, 4.69) is 14.9 Å². The van der Waals surface area contributed by atoms with Gasteiger partial charge in [0.15, 0.2) is 0 Å². The smallest absolute Gasteiger partial charge is 0.214 e. The van der Waals surface area contributed by atoms with E-state index in [1.165, 1.54) is 18.5 Å². The quantitative estimate of drug-likeness (QED) is 0.606. The highest BCUT2D eigenvalue weighted by Gasteiger charge is 2.27. The van der Waals surface area contributed by atoms with Gasteiger partial charge in [-0.15, -0.1) is 0 Å². The number of hydrogen-bond acceptors (Lipinski definition) is 5. The van der Waals surface area contributed by atoms with E-state index in [4.69, 9.17) is 0 Å². The Balaban J connectivity index is 1.38. The van der Waals surface area contributed by atoms with Crippen LogP contribution in [0.1, 0.15) is 5.56 Å². The van der Waals surface area contributed by atoms with Crippen LogP contribution in [0, 0.1) is 5.82 Å². The topological polar surface area (TPSA) is 66.4 Å². The molecule has 0 saturated carbocycles. The Bertz CT molecular complexity index is 1080. The van der Waals surface area contributed by atoms with E-state index in [0.29, 0.717) is 38.3 Å². The van der Waals surface area contributed by atoms with Crippen molar-refractivity contribution in [3.05, 3.63) is 78.4 Å². The van der Waals surface area contributed by atoms with Crippen LogP contribution in [0.2, 0.25) is 0 Å². The molecular formula is C22H23FN4O2S. The zero-order valence-electron chi connectivity index (χ0n) is 16.5. The Kier molecular flexibility index (Phi) is 6.06. The van der Waals surface area contributed by atoms with Gasteiger partial charge in [-0.3, -0.25) is 0 Å². The maximum absolute atomic E-state index is 13.2. The molecule has 0 atom stereocenters. The average Bonchev–Trinajstić information content (AvgIpc) is 2.79. The molecule has 1 aromatic heterocycles. The van der Waals surface area contributed by atoms with Crippen molar-refractivity contribution in [2.24, 2.45) is 0 Å². The summed E-state index contributed by atoms with van der Waals surface area (Å²) in [6.45, 7) is 1.97. The van der Waals surface area contributed by atoms with E-state index in [1.807, 2.05) is 36.4 Å². The van der Waals surface area contributed by atoms with Crippen molar-refractivity contribution in [2.75, 3.05) is 36.8 Å². The molecule has 0 N–H and O–H groups in total. The van der Waals surface area contributed by atoms with Crippen molar-refractivity contribution in [3.8, 4) is 11.3 Å². The summed E-state index contributed by atoms with van der Waals surface area (Å²) in [5.41, 5.74) is 2.54. The van der Waals surface area contributed by atoms with Crippen molar-refractivity contribution in [1.82, 2.24) is 14.3 Å². The lowest BCUT2D eigenvalue weighted by Gasteiger charge is -2.34. The summed E-state index contributed by atoms with van der Waals surface area (Å²) in [6.07, 6.45) is 1.99. The molecule has 1 saturated heterocycles. The molecule has 6 nitrogen and oxygen atoms in total. The Morgan fingerprint density at radius 1 is 0.900 bits per heavy atom. The van der Waals surface area contributed by atoms with E-state index in [0.717, 1.165) is 16.9 Å². The van der Waals surface area contributed by atoms with Crippen molar-refractivity contribution >= 4 is 15.8 Å². The van der Waals surface area contributed by atoms with E-state index < -0.39 is 10.0 Å². The van der Waals surface area contributed by atoms with E-state index in [9.17, 15) is 12.8 Å². The number of rotatable bonds is 6. The lowest BCUT2D eigenvalue weighted by molar-refractivity contribution is 0.383. The summed E-state index contributed by atoms with van der Waals surface area (Å²) in [5, 5.41) is 0. The Labute approximate surface area is 176 Å². The molecule has 8 heteroatoms. The predicted octanol–water partition coefficient (Wildman–Crippen LogP) is 2.98. The van der Waals surface area contributed by atoms with Crippen LogP contribution in [0.15, 0.2) is 67.0 Å². The zero-order valence-corrected chi connectivity index (χ0v) is 17.3. The molecule has 0 unspecified atom stereocenters. The first kappa shape index (κ1) is 20.4. The number of sulfonamides is 1. The van der Waals surface area contributed by atoms with Gasteiger partial charge in [-0.2, -0.15) is 4.31 Å². The number of benzene rings is 2. The van der Waals surface area contributed by atoms with Crippen molar-refractivity contribution in [3.63, 3.8) is 0 Å². The second kappa shape index (κ2) is 8.89. The Hall–Kier alpha value is -2.84. The van der Waals surface area contributed by atoms with E-state index >= 15 is 0 Å². The minimum absolute atomic E-state index is 0.110. The van der Waals surface area contributed by atoms with Crippen LogP contribution in [-0.2, 0) is 16.4 Å². The number of aryl methyl sites for hydroxylation is 1. The lowest BCUT2D eigenvalue weighted by atomic mass is 10.1. The number of nitrogens with zero attached hydrogens (tertiary/aromatic N) is 4. The maximum atomic E-state index is 13.2. The van der Waals surface area contributed by atoms with Crippen LogP contribution in [-0.4, -0.2) is 54.6 Å².